The van der Waals surface area contributed by atoms with Crippen LogP contribution in [-0.2, 0) is 24.0 Å². The van der Waals surface area contributed by atoms with Crippen molar-refractivity contribution in [3.8, 4) is 0 Å². The van der Waals surface area contributed by atoms with E-state index in [9.17, 15) is 28.8 Å². The number of nitrogens with one attached hydrogen (secondary N) is 4. The Labute approximate surface area is 297 Å². The zero-order chi connectivity index (χ0) is 36.9. The van der Waals surface area contributed by atoms with Crippen molar-refractivity contribution in [1.29, 1.82) is 0 Å². The first-order valence-corrected chi connectivity index (χ1v) is 18.6. The number of likely N-dealkylation sites (tertiary alicyclic amines) is 1. The lowest BCUT2D eigenvalue weighted by Crippen LogP contribution is -2.62. The van der Waals surface area contributed by atoms with E-state index >= 15 is 0 Å². The van der Waals surface area contributed by atoms with Crippen LogP contribution >= 0.6 is 11.8 Å². The minimum absolute atomic E-state index is 0.0550. The van der Waals surface area contributed by atoms with Gasteiger partial charge >= 0.3 is 6.03 Å². The number of carbonyl (C=O) groups excluding carboxylic acids is 6. The number of hydrogen-bond acceptors (Lipinski definition) is 7. The smallest absolute Gasteiger partial charge is 0.315 e. The maximum Gasteiger partial charge on any atom is 0.315 e. The fourth-order valence-electron chi connectivity index (χ4n) is 6.51. The minimum atomic E-state index is -1.13. The summed E-state index contributed by atoms with van der Waals surface area (Å²) in [5.41, 5.74) is -1.47. The van der Waals surface area contributed by atoms with Gasteiger partial charge in [0.15, 0.2) is 0 Å². The summed E-state index contributed by atoms with van der Waals surface area (Å²) in [6, 6.07) is -2.66. The molecule has 1 aliphatic heterocycles. The molecule has 0 radical (unpaired) electrons. The molecule has 3 fully saturated rings. The van der Waals surface area contributed by atoms with Crippen molar-refractivity contribution in [2.24, 2.45) is 22.7 Å². The summed E-state index contributed by atoms with van der Waals surface area (Å²) in [4.78, 5) is 82.7. The van der Waals surface area contributed by atoms with Crippen molar-refractivity contribution in [3.63, 3.8) is 0 Å². The number of nitrogens with zero attached hydrogens (tertiary/aromatic N) is 1. The van der Waals surface area contributed by atoms with Crippen molar-refractivity contribution >= 4 is 47.1 Å². The Morgan fingerprint density at radius 1 is 0.980 bits per heavy atom. The number of amides is 5. The van der Waals surface area contributed by atoms with Gasteiger partial charge in [-0.25, -0.2) is 4.79 Å². The summed E-state index contributed by atoms with van der Waals surface area (Å²) in [6.45, 7) is 23.3. The lowest BCUT2D eigenvalue weighted by atomic mass is 9.74. The van der Waals surface area contributed by atoms with E-state index in [1.54, 1.807) is 0 Å². The monoisotopic (exact) mass is 701 g/mol. The Bertz CT molecular complexity index is 1300. The van der Waals surface area contributed by atoms with Gasteiger partial charge in [-0.15, -0.1) is 18.3 Å². The Balaban J connectivity index is 1.87. The molecule has 11 nitrogen and oxygen atoms in total. The number of thioether (sulfide) groups is 1. The van der Waals surface area contributed by atoms with Crippen LogP contribution in [0.4, 0.5) is 4.79 Å². The molecule has 0 aromatic carbocycles. The zero-order valence-electron chi connectivity index (χ0n) is 30.8. The second-order valence-electron chi connectivity index (χ2n) is 16.5. The molecule has 49 heavy (non-hydrogen) atoms. The van der Waals surface area contributed by atoms with Crippen LogP contribution in [0, 0.1) is 22.7 Å². The molecule has 1 heterocycles. The van der Waals surface area contributed by atoms with Crippen LogP contribution < -0.4 is 21.3 Å². The predicted molar refractivity (Wildman–Crippen MR) is 194 cm³/mol. The van der Waals surface area contributed by atoms with Crippen LogP contribution in [0.15, 0.2) is 24.8 Å². The van der Waals surface area contributed by atoms with E-state index < -0.39 is 63.4 Å². The van der Waals surface area contributed by atoms with Crippen LogP contribution in [0.5, 0.6) is 0 Å². The number of Topliss-reactive ketones (excluding diaryl/α,β-unsaturated/α-hetero) is 2. The Morgan fingerprint density at radius 3 is 2.10 bits per heavy atom. The summed E-state index contributed by atoms with van der Waals surface area (Å²) < 4.78 is 0. The van der Waals surface area contributed by atoms with E-state index in [4.69, 9.17) is 0 Å². The molecular weight excluding hydrogens is 643 g/mol. The van der Waals surface area contributed by atoms with Gasteiger partial charge in [0, 0.05) is 41.6 Å². The van der Waals surface area contributed by atoms with Crippen molar-refractivity contribution in [2.45, 2.75) is 135 Å². The van der Waals surface area contributed by atoms with Gasteiger partial charge in [-0.2, -0.15) is 0 Å². The summed E-state index contributed by atoms with van der Waals surface area (Å²) >= 11 is 1.24. The van der Waals surface area contributed by atoms with Crippen LogP contribution in [0.1, 0.15) is 107 Å². The van der Waals surface area contributed by atoms with Crippen LogP contribution in [-0.4, -0.2) is 81.6 Å². The lowest BCUT2D eigenvalue weighted by Gasteiger charge is -2.41. The van der Waals surface area contributed by atoms with Gasteiger partial charge in [0.05, 0.1) is 0 Å². The maximum absolute atomic E-state index is 14.5. The van der Waals surface area contributed by atoms with Crippen molar-refractivity contribution < 1.29 is 28.8 Å². The third-order valence-corrected chi connectivity index (χ3v) is 11.2. The fraction of sp³-hybridized carbons (Fsp3) is 0.730. The molecule has 274 valence electrons. The van der Waals surface area contributed by atoms with E-state index in [0.717, 1.165) is 32.1 Å². The first-order valence-electron chi connectivity index (χ1n) is 17.7. The van der Waals surface area contributed by atoms with Crippen molar-refractivity contribution in [1.82, 2.24) is 26.2 Å². The van der Waals surface area contributed by atoms with Gasteiger partial charge in [0.2, 0.25) is 11.8 Å². The van der Waals surface area contributed by atoms with E-state index in [1.165, 1.54) is 22.7 Å². The van der Waals surface area contributed by atoms with Crippen molar-refractivity contribution in [2.75, 3.05) is 13.1 Å². The first kappa shape index (κ1) is 40.3. The lowest BCUT2D eigenvalue weighted by molar-refractivity contribution is -0.142. The molecular formula is C37H59N5O6S. The second-order valence-corrected chi connectivity index (χ2v) is 17.9. The standard InChI is InChI=1S/C37H59N5O6S/c1-11-19-38-31(46)28(44)32(49-24-15-16-24)40-30(45)27-23(4)25(22(2)3)21-42(27)33(47)29(36(8,9)10)39-34(48)41-37(17-13-12-14-18-37)20-26(43)35(5,6)7/h11,22,24-25,27,29,32H,1,4,12-21H2,2-3,5-10H3,(H,38,46)(H,40,45)(H2,39,41,48)/t25-,27+,29-,32?/m1/s1. The van der Waals surface area contributed by atoms with E-state index in [1.807, 2.05) is 55.4 Å². The average Bonchev–Trinajstić information content (AvgIpc) is 3.75. The molecule has 5 amide bonds. The van der Waals surface area contributed by atoms with Gasteiger partial charge in [-0.3, -0.25) is 24.0 Å². The zero-order valence-corrected chi connectivity index (χ0v) is 31.6. The minimum Gasteiger partial charge on any atom is -0.346 e. The first-order chi connectivity index (χ1) is 22.7. The van der Waals surface area contributed by atoms with Gasteiger partial charge in [0.1, 0.15) is 23.2 Å². The fourth-order valence-corrected chi connectivity index (χ4v) is 7.72. The van der Waals surface area contributed by atoms with E-state index in [0.29, 0.717) is 18.4 Å². The highest BCUT2D eigenvalue weighted by Crippen LogP contribution is 2.39. The Hall–Kier alpha value is -3.15. The molecule has 0 bridgehead atoms. The highest BCUT2D eigenvalue weighted by atomic mass is 32.2. The summed E-state index contributed by atoms with van der Waals surface area (Å²) in [5.74, 6) is -2.72. The number of carbonyl (C=O) groups is 6. The van der Waals surface area contributed by atoms with E-state index in [-0.39, 0.29) is 42.4 Å². The number of hydrogen-bond donors (Lipinski definition) is 4. The largest absolute Gasteiger partial charge is 0.346 e. The maximum atomic E-state index is 14.5. The van der Waals surface area contributed by atoms with Gasteiger partial charge in [0.25, 0.3) is 11.7 Å². The Morgan fingerprint density at radius 2 is 1.59 bits per heavy atom. The summed E-state index contributed by atoms with van der Waals surface area (Å²) in [7, 11) is 0. The molecule has 12 heteroatoms. The van der Waals surface area contributed by atoms with Gasteiger partial charge < -0.3 is 26.2 Å². The van der Waals surface area contributed by atoms with Gasteiger partial charge in [-0.05, 0) is 42.6 Å². The molecule has 2 aliphatic carbocycles. The number of urea groups is 1. The van der Waals surface area contributed by atoms with Crippen LogP contribution in [0.2, 0.25) is 0 Å². The Kier molecular flexibility index (Phi) is 13.4. The highest BCUT2D eigenvalue weighted by Gasteiger charge is 2.49. The summed E-state index contributed by atoms with van der Waals surface area (Å²) in [6.07, 6.45) is 7.58. The molecule has 2 saturated carbocycles. The molecule has 4 N–H and O–H groups in total. The molecule has 3 aliphatic rings. The molecule has 0 spiro atoms. The summed E-state index contributed by atoms with van der Waals surface area (Å²) in [5, 5.41) is 10.3. The molecule has 4 atom stereocenters. The molecule has 0 aromatic heterocycles. The van der Waals surface area contributed by atoms with Crippen LogP contribution in [0.25, 0.3) is 0 Å². The highest BCUT2D eigenvalue weighted by molar-refractivity contribution is 8.01. The quantitative estimate of drug-likeness (QED) is 0.117. The normalized spacial score (nSPS) is 22.1. The molecule has 0 aromatic rings. The average molecular weight is 702 g/mol. The SMILES string of the molecule is C=CCNC(=O)C(=O)C(NC(=O)[C@@H]1C(=C)[C@@H](C(C)C)CN1C(=O)[C@@H](NC(=O)NC1(CC(=O)C(C)(C)C)CCCCC1)C(C)(C)C)SC1CC1. The second kappa shape index (κ2) is 16.2. The topological polar surface area (TPSA) is 154 Å². The predicted octanol–water partition coefficient (Wildman–Crippen LogP) is 4.66. The van der Waals surface area contributed by atoms with Crippen molar-refractivity contribution in [3.05, 3.63) is 24.8 Å². The third-order valence-electron chi connectivity index (χ3n) is 9.78. The molecule has 1 saturated heterocycles. The number of ketones is 2. The molecule has 3 rings (SSSR count). The third kappa shape index (κ3) is 10.7. The van der Waals surface area contributed by atoms with E-state index in [2.05, 4.69) is 34.4 Å². The van der Waals surface area contributed by atoms with Gasteiger partial charge in [-0.1, -0.05) is 87.3 Å². The van der Waals surface area contributed by atoms with Crippen LogP contribution in [0.3, 0.4) is 0 Å². The molecule has 1 unspecified atom stereocenters. The number of rotatable bonds is 14.